The molecule has 1 aromatic heterocycles. The molecule has 0 aliphatic carbocycles. The third-order valence-corrected chi connectivity index (χ3v) is 3.17. The smallest absolute Gasteiger partial charge is 0.0597 e. The summed E-state index contributed by atoms with van der Waals surface area (Å²) in [6, 6.07) is 2.47. The molecule has 2 rings (SSSR count). The van der Waals surface area contributed by atoms with E-state index in [1.165, 1.54) is 12.1 Å². The molecule has 0 radical (unpaired) electrons. The zero-order valence-electron chi connectivity index (χ0n) is 9.48. The second kappa shape index (κ2) is 4.33. The fraction of sp³-hybridized carbons (Fsp3) is 0.727. The maximum absolute atomic E-state index is 9.22. The Balaban J connectivity index is 2.05. The summed E-state index contributed by atoms with van der Waals surface area (Å²) in [7, 11) is 1.98. The van der Waals surface area contributed by atoms with Gasteiger partial charge in [0.15, 0.2) is 0 Å². The number of hydrogen-bond acceptors (Lipinski definition) is 3. The first-order valence-corrected chi connectivity index (χ1v) is 5.55. The van der Waals surface area contributed by atoms with Crippen molar-refractivity contribution in [1.82, 2.24) is 14.7 Å². The molecular formula is C11H19N3O. The maximum atomic E-state index is 9.22. The third kappa shape index (κ3) is 2.21. The van der Waals surface area contributed by atoms with Crippen LogP contribution in [0.4, 0.5) is 0 Å². The monoisotopic (exact) mass is 209 g/mol. The van der Waals surface area contributed by atoms with E-state index in [-0.39, 0.29) is 6.61 Å². The van der Waals surface area contributed by atoms with E-state index in [9.17, 15) is 5.11 Å². The minimum atomic E-state index is 0.275. The van der Waals surface area contributed by atoms with E-state index in [2.05, 4.69) is 16.1 Å². The maximum Gasteiger partial charge on any atom is 0.0597 e. The van der Waals surface area contributed by atoms with Crippen molar-refractivity contribution >= 4 is 0 Å². The highest BCUT2D eigenvalue weighted by molar-refractivity contribution is 5.08. The SMILES string of the molecule is Cc1cc(CN2CCC[C@@H]2CO)n(C)n1. The first-order chi connectivity index (χ1) is 7.20. The van der Waals surface area contributed by atoms with Crippen LogP contribution >= 0.6 is 0 Å². The molecule has 1 fully saturated rings. The van der Waals surface area contributed by atoms with E-state index in [0.717, 1.165) is 25.2 Å². The summed E-state index contributed by atoms with van der Waals surface area (Å²) in [6.07, 6.45) is 2.31. The summed E-state index contributed by atoms with van der Waals surface area (Å²) in [5.74, 6) is 0. The molecule has 1 aliphatic rings. The highest BCUT2D eigenvalue weighted by Gasteiger charge is 2.24. The van der Waals surface area contributed by atoms with Gasteiger partial charge in [-0.3, -0.25) is 9.58 Å². The first-order valence-electron chi connectivity index (χ1n) is 5.55. The van der Waals surface area contributed by atoms with Crippen LogP contribution < -0.4 is 0 Å². The molecule has 1 atom stereocenters. The van der Waals surface area contributed by atoms with Gasteiger partial charge >= 0.3 is 0 Å². The molecule has 1 aromatic rings. The number of rotatable bonds is 3. The molecule has 0 saturated carbocycles. The lowest BCUT2D eigenvalue weighted by Gasteiger charge is -2.22. The number of likely N-dealkylation sites (tertiary alicyclic amines) is 1. The average molecular weight is 209 g/mol. The molecule has 84 valence electrons. The number of aliphatic hydroxyl groups is 1. The summed E-state index contributed by atoms with van der Waals surface area (Å²) in [6.45, 7) is 4.28. The highest BCUT2D eigenvalue weighted by atomic mass is 16.3. The van der Waals surface area contributed by atoms with Crippen LogP contribution in [0.15, 0.2) is 6.07 Å². The van der Waals surface area contributed by atoms with Crippen molar-refractivity contribution in [1.29, 1.82) is 0 Å². The second-order valence-corrected chi connectivity index (χ2v) is 4.35. The molecular weight excluding hydrogens is 190 g/mol. The van der Waals surface area contributed by atoms with Gasteiger partial charge in [-0.1, -0.05) is 0 Å². The van der Waals surface area contributed by atoms with Crippen molar-refractivity contribution in [3.05, 3.63) is 17.5 Å². The molecule has 0 bridgehead atoms. The van der Waals surface area contributed by atoms with Crippen molar-refractivity contribution in [2.75, 3.05) is 13.2 Å². The molecule has 0 spiro atoms. The normalized spacial score (nSPS) is 22.5. The number of nitrogens with zero attached hydrogens (tertiary/aromatic N) is 3. The van der Waals surface area contributed by atoms with Gasteiger partial charge in [0.1, 0.15) is 0 Å². The number of aromatic nitrogens is 2. The van der Waals surface area contributed by atoms with Gasteiger partial charge in [0.25, 0.3) is 0 Å². The van der Waals surface area contributed by atoms with Crippen LogP contribution in [0.3, 0.4) is 0 Å². The van der Waals surface area contributed by atoms with E-state index < -0.39 is 0 Å². The zero-order chi connectivity index (χ0) is 10.8. The lowest BCUT2D eigenvalue weighted by molar-refractivity contribution is 0.151. The fourth-order valence-electron chi connectivity index (χ4n) is 2.33. The van der Waals surface area contributed by atoms with Crippen LogP contribution in [0.5, 0.6) is 0 Å². The van der Waals surface area contributed by atoms with E-state index in [4.69, 9.17) is 0 Å². The summed E-state index contributed by atoms with van der Waals surface area (Å²) < 4.78 is 1.93. The summed E-state index contributed by atoms with van der Waals surface area (Å²) in [5, 5.41) is 13.6. The van der Waals surface area contributed by atoms with Crippen LogP contribution in [0, 0.1) is 6.92 Å². The lowest BCUT2D eigenvalue weighted by Crippen LogP contribution is -2.32. The van der Waals surface area contributed by atoms with Gasteiger partial charge in [-0.05, 0) is 32.4 Å². The van der Waals surface area contributed by atoms with Gasteiger partial charge < -0.3 is 5.11 Å². The zero-order valence-corrected chi connectivity index (χ0v) is 9.48. The highest BCUT2D eigenvalue weighted by Crippen LogP contribution is 2.19. The molecule has 1 saturated heterocycles. The molecule has 1 N–H and O–H groups in total. The molecule has 2 heterocycles. The second-order valence-electron chi connectivity index (χ2n) is 4.35. The minimum absolute atomic E-state index is 0.275. The van der Waals surface area contributed by atoms with E-state index in [1.54, 1.807) is 0 Å². The van der Waals surface area contributed by atoms with Gasteiger partial charge in [-0.25, -0.2) is 0 Å². The fourth-order valence-corrected chi connectivity index (χ4v) is 2.33. The van der Waals surface area contributed by atoms with Crippen LogP contribution in [0.25, 0.3) is 0 Å². The molecule has 0 aromatic carbocycles. The molecule has 0 unspecified atom stereocenters. The Morgan fingerprint density at radius 2 is 2.40 bits per heavy atom. The predicted molar refractivity (Wildman–Crippen MR) is 58.5 cm³/mol. The topological polar surface area (TPSA) is 41.3 Å². The van der Waals surface area contributed by atoms with Gasteiger partial charge in [0, 0.05) is 19.6 Å². The van der Waals surface area contributed by atoms with Crippen molar-refractivity contribution < 1.29 is 5.11 Å². The Kier molecular flexibility index (Phi) is 3.07. The summed E-state index contributed by atoms with van der Waals surface area (Å²) in [5.41, 5.74) is 2.29. The van der Waals surface area contributed by atoms with Crippen LogP contribution in [0.1, 0.15) is 24.2 Å². The van der Waals surface area contributed by atoms with E-state index >= 15 is 0 Å². The summed E-state index contributed by atoms with van der Waals surface area (Å²) >= 11 is 0. The molecule has 15 heavy (non-hydrogen) atoms. The number of hydrogen-bond donors (Lipinski definition) is 1. The first kappa shape index (κ1) is 10.6. The predicted octanol–water partition coefficient (Wildman–Crippen LogP) is 0.685. The van der Waals surface area contributed by atoms with Gasteiger partial charge in [0.2, 0.25) is 0 Å². The summed E-state index contributed by atoms with van der Waals surface area (Å²) in [4.78, 5) is 2.34. The van der Waals surface area contributed by atoms with Gasteiger partial charge in [-0.2, -0.15) is 5.10 Å². The Bertz CT molecular complexity index is 335. The largest absolute Gasteiger partial charge is 0.395 e. The van der Waals surface area contributed by atoms with Crippen LogP contribution in [-0.2, 0) is 13.6 Å². The molecule has 4 heteroatoms. The van der Waals surface area contributed by atoms with Crippen molar-refractivity contribution in [2.24, 2.45) is 7.05 Å². The Hall–Kier alpha value is -0.870. The molecule has 1 aliphatic heterocycles. The van der Waals surface area contributed by atoms with Gasteiger partial charge in [-0.15, -0.1) is 0 Å². The van der Waals surface area contributed by atoms with E-state index in [1.807, 2.05) is 18.7 Å². The van der Waals surface area contributed by atoms with Gasteiger partial charge in [0.05, 0.1) is 18.0 Å². The molecule has 0 amide bonds. The molecule has 4 nitrogen and oxygen atoms in total. The van der Waals surface area contributed by atoms with Crippen molar-refractivity contribution in [3.63, 3.8) is 0 Å². The standard InChI is InChI=1S/C11H19N3O/c1-9-6-11(13(2)12-9)7-14-5-3-4-10(14)8-15/h6,10,15H,3-5,7-8H2,1-2H3/t10-/m1/s1. The van der Waals surface area contributed by atoms with Crippen molar-refractivity contribution in [2.45, 2.75) is 32.4 Å². The van der Waals surface area contributed by atoms with Crippen molar-refractivity contribution in [3.8, 4) is 0 Å². The van der Waals surface area contributed by atoms with E-state index in [0.29, 0.717) is 6.04 Å². The average Bonchev–Trinajstić information content (AvgIpc) is 2.74. The Morgan fingerprint density at radius 3 is 3.00 bits per heavy atom. The quantitative estimate of drug-likeness (QED) is 0.796. The lowest BCUT2D eigenvalue weighted by atomic mass is 10.2. The number of aryl methyl sites for hydroxylation is 2. The van der Waals surface area contributed by atoms with Crippen LogP contribution in [-0.4, -0.2) is 39.0 Å². The van der Waals surface area contributed by atoms with Crippen LogP contribution in [0.2, 0.25) is 0 Å². The Morgan fingerprint density at radius 1 is 1.60 bits per heavy atom. The third-order valence-electron chi connectivity index (χ3n) is 3.17. The minimum Gasteiger partial charge on any atom is -0.395 e. The number of aliphatic hydroxyl groups excluding tert-OH is 1. The Labute approximate surface area is 90.5 Å².